The minimum Gasteiger partial charge on any atom is -0.364 e. The van der Waals surface area contributed by atoms with Crippen molar-refractivity contribution in [3.8, 4) is 0 Å². The lowest BCUT2D eigenvalue weighted by atomic mass is 9.97. The number of carbonyl (C=O) groups is 1. The molecule has 1 aromatic rings. The van der Waals surface area contributed by atoms with E-state index in [1.165, 1.54) is 11.3 Å². The first-order valence-electron chi connectivity index (χ1n) is 7.81. The fourth-order valence-electron chi connectivity index (χ4n) is 3.20. The summed E-state index contributed by atoms with van der Waals surface area (Å²) in [4.78, 5) is 16.7. The van der Waals surface area contributed by atoms with Crippen LogP contribution in [0.5, 0.6) is 0 Å². The van der Waals surface area contributed by atoms with Crippen LogP contribution in [0.1, 0.15) is 26.3 Å². The van der Waals surface area contributed by atoms with Crippen molar-refractivity contribution in [2.75, 3.05) is 31.1 Å². The molecule has 1 saturated heterocycles. The third-order valence-electron chi connectivity index (χ3n) is 4.30. The zero-order chi connectivity index (χ0) is 15.0. The van der Waals surface area contributed by atoms with Gasteiger partial charge in [0.25, 0.3) is 0 Å². The molecule has 2 heterocycles. The molecule has 1 atom stereocenters. The van der Waals surface area contributed by atoms with Crippen molar-refractivity contribution >= 4 is 11.7 Å². The standard InChI is InChI=1S/C17H25N3O/c1-17(2,3)12-18-16(21)19-8-9-20-14(11-19)10-13-6-4-5-7-15(13)20/h4-7,14H,8-12H2,1-3H3,(H,18,21). The van der Waals surface area contributed by atoms with Crippen molar-refractivity contribution in [2.24, 2.45) is 5.41 Å². The number of amides is 2. The average molecular weight is 287 g/mol. The highest BCUT2D eigenvalue weighted by Crippen LogP contribution is 2.33. The number of carbonyl (C=O) groups excluding carboxylic acids is 1. The molecular formula is C17H25N3O. The van der Waals surface area contributed by atoms with Crippen LogP contribution < -0.4 is 10.2 Å². The fraction of sp³-hybridized carbons (Fsp3) is 0.588. The maximum atomic E-state index is 12.3. The Morgan fingerprint density at radius 1 is 1.29 bits per heavy atom. The summed E-state index contributed by atoms with van der Waals surface area (Å²) in [5, 5.41) is 3.06. The van der Waals surface area contributed by atoms with Crippen molar-refractivity contribution in [1.82, 2.24) is 10.2 Å². The third kappa shape index (κ3) is 2.99. The van der Waals surface area contributed by atoms with Crippen molar-refractivity contribution < 1.29 is 4.79 Å². The van der Waals surface area contributed by atoms with Crippen LogP contribution in [0.3, 0.4) is 0 Å². The third-order valence-corrected chi connectivity index (χ3v) is 4.30. The molecule has 0 radical (unpaired) electrons. The Morgan fingerprint density at radius 3 is 2.81 bits per heavy atom. The van der Waals surface area contributed by atoms with E-state index in [4.69, 9.17) is 0 Å². The smallest absolute Gasteiger partial charge is 0.317 e. The summed E-state index contributed by atoms with van der Waals surface area (Å²) in [5.41, 5.74) is 2.90. The van der Waals surface area contributed by atoms with Crippen LogP contribution >= 0.6 is 0 Å². The van der Waals surface area contributed by atoms with Gasteiger partial charge in [0.1, 0.15) is 0 Å². The summed E-state index contributed by atoms with van der Waals surface area (Å²) in [6, 6.07) is 9.13. The molecule has 1 fully saturated rings. The Bertz CT molecular complexity index is 535. The van der Waals surface area contributed by atoms with Crippen LogP contribution in [0.2, 0.25) is 0 Å². The van der Waals surface area contributed by atoms with Gasteiger partial charge in [-0.2, -0.15) is 0 Å². The number of para-hydroxylation sites is 1. The number of nitrogens with one attached hydrogen (secondary N) is 1. The van der Waals surface area contributed by atoms with Gasteiger partial charge in [-0.1, -0.05) is 39.0 Å². The Balaban J connectivity index is 1.61. The lowest BCUT2D eigenvalue weighted by molar-refractivity contribution is 0.182. The Labute approximate surface area is 127 Å². The summed E-state index contributed by atoms with van der Waals surface area (Å²) < 4.78 is 0. The van der Waals surface area contributed by atoms with E-state index in [2.05, 4.69) is 55.3 Å². The molecule has 114 valence electrons. The van der Waals surface area contributed by atoms with Gasteiger partial charge in [0.15, 0.2) is 0 Å². The van der Waals surface area contributed by atoms with Gasteiger partial charge in [-0.05, 0) is 23.5 Å². The molecule has 1 N–H and O–H groups in total. The molecule has 0 spiro atoms. The predicted molar refractivity (Wildman–Crippen MR) is 85.7 cm³/mol. The number of fused-ring (bicyclic) bond motifs is 3. The van der Waals surface area contributed by atoms with E-state index in [0.717, 1.165) is 32.6 Å². The van der Waals surface area contributed by atoms with Crippen molar-refractivity contribution in [3.63, 3.8) is 0 Å². The number of benzene rings is 1. The monoisotopic (exact) mass is 287 g/mol. The molecule has 0 saturated carbocycles. The molecule has 1 aromatic carbocycles. The molecular weight excluding hydrogens is 262 g/mol. The largest absolute Gasteiger partial charge is 0.364 e. The molecule has 21 heavy (non-hydrogen) atoms. The zero-order valence-corrected chi connectivity index (χ0v) is 13.2. The van der Waals surface area contributed by atoms with E-state index in [1.807, 2.05) is 4.90 Å². The zero-order valence-electron chi connectivity index (χ0n) is 13.2. The minimum atomic E-state index is 0.0838. The van der Waals surface area contributed by atoms with E-state index < -0.39 is 0 Å². The topological polar surface area (TPSA) is 35.6 Å². The fourth-order valence-corrected chi connectivity index (χ4v) is 3.20. The highest BCUT2D eigenvalue weighted by molar-refractivity contribution is 5.75. The number of urea groups is 1. The molecule has 0 bridgehead atoms. The summed E-state index contributed by atoms with van der Waals surface area (Å²) in [7, 11) is 0. The SMILES string of the molecule is CC(C)(C)CNC(=O)N1CCN2c3ccccc3CC2C1. The van der Waals surface area contributed by atoms with E-state index in [-0.39, 0.29) is 11.4 Å². The van der Waals surface area contributed by atoms with Crippen molar-refractivity contribution in [2.45, 2.75) is 33.2 Å². The maximum absolute atomic E-state index is 12.3. The van der Waals surface area contributed by atoms with Gasteiger partial charge in [-0.25, -0.2) is 4.79 Å². The number of nitrogens with zero attached hydrogens (tertiary/aromatic N) is 2. The molecule has 0 aliphatic carbocycles. The second-order valence-electron chi connectivity index (χ2n) is 7.35. The minimum absolute atomic E-state index is 0.0838. The Kier molecular flexibility index (Phi) is 3.56. The van der Waals surface area contributed by atoms with E-state index in [1.54, 1.807) is 0 Å². The van der Waals surface area contributed by atoms with Crippen LogP contribution in [-0.2, 0) is 6.42 Å². The number of hydrogen-bond donors (Lipinski definition) is 1. The van der Waals surface area contributed by atoms with Gasteiger partial charge in [0, 0.05) is 31.9 Å². The average Bonchev–Trinajstić information content (AvgIpc) is 2.81. The first-order valence-corrected chi connectivity index (χ1v) is 7.81. The van der Waals surface area contributed by atoms with Crippen LogP contribution in [0.25, 0.3) is 0 Å². The van der Waals surface area contributed by atoms with Crippen LogP contribution in [-0.4, -0.2) is 43.2 Å². The van der Waals surface area contributed by atoms with Crippen LogP contribution in [0, 0.1) is 5.41 Å². The molecule has 0 aromatic heterocycles. The molecule has 3 rings (SSSR count). The summed E-state index contributed by atoms with van der Waals surface area (Å²) in [6.07, 6.45) is 1.05. The second kappa shape index (κ2) is 5.24. The molecule has 2 aliphatic rings. The molecule has 2 aliphatic heterocycles. The lowest BCUT2D eigenvalue weighted by Crippen LogP contribution is -2.56. The summed E-state index contributed by atoms with van der Waals surface area (Å²) in [6.45, 7) is 9.70. The van der Waals surface area contributed by atoms with Gasteiger partial charge >= 0.3 is 6.03 Å². The van der Waals surface area contributed by atoms with Crippen molar-refractivity contribution in [3.05, 3.63) is 29.8 Å². The first-order chi connectivity index (χ1) is 9.94. The van der Waals surface area contributed by atoms with E-state index >= 15 is 0 Å². The highest BCUT2D eigenvalue weighted by Gasteiger charge is 2.35. The molecule has 4 nitrogen and oxygen atoms in total. The molecule has 2 amide bonds. The lowest BCUT2D eigenvalue weighted by Gasteiger charge is -2.39. The first kappa shape index (κ1) is 14.2. The number of piperazine rings is 1. The van der Waals surface area contributed by atoms with Gasteiger partial charge in [-0.15, -0.1) is 0 Å². The number of anilines is 1. The van der Waals surface area contributed by atoms with Crippen molar-refractivity contribution in [1.29, 1.82) is 0 Å². The number of hydrogen-bond acceptors (Lipinski definition) is 2. The van der Waals surface area contributed by atoms with Crippen LogP contribution in [0.15, 0.2) is 24.3 Å². The summed E-state index contributed by atoms with van der Waals surface area (Å²) in [5.74, 6) is 0. The normalized spacial score (nSPS) is 21.0. The summed E-state index contributed by atoms with van der Waals surface area (Å²) >= 11 is 0. The quantitative estimate of drug-likeness (QED) is 0.861. The second-order valence-corrected chi connectivity index (χ2v) is 7.35. The predicted octanol–water partition coefficient (Wildman–Crippen LogP) is 2.49. The van der Waals surface area contributed by atoms with E-state index in [9.17, 15) is 4.79 Å². The van der Waals surface area contributed by atoms with Gasteiger partial charge in [0.2, 0.25) is 0 Å². The highest BCUT2D eigenvalue weighted by atomic mass is 16.2. The Morgan fingerprint density at radius 2 is 2.05 bits per heavy atom. The molecule has 4 heteroatoms. The van der Waals surface area contributed by atoms with Crippen LogP contribution in [0.4, 0.5) is 10.5 Å². The molecule has 1 unspecified atom stereocenters. The van der Waals surface area contributed by atoms with Gasteiger partial charge in [0.05, 0.1) is 6.04 Å². The Hall–Kier alpha value is -1.71. The van der Waals surface area contributed by atoms with Gasteiger partial charge < -0.3 is 15.1 Å². The van der Waals surface area contributed by atoms with E-state index in [0.29, 0.717) is 6.04 Å². The van der Waals surface area contributed by atoms with Gasteiger partial charge in [-0.3, -0.25) is 0 Å². The maximum Gasteiger partial charge on any atom is 0.317 e. The number of rotatable bonds is 1.